The highest BCUT2D eigenvalue weighted by Gasteiger charge is 2.07. The monoisotopic (exact) mass is 413 g/mol. The molecule has 0 bridgehead atoms. The van der Waals surface area contributed by atoms with Crippen LogP contribution in [0.5, 0.6) is 11.5 Å². The lowest BCUT2D eigenvalue weighted by Crippen LogP contribution is -2.36. The van der Waals surface area contributed by atoms with E-state index in [1.165, 1.54) is 0 Å². The van der Waals surface area contributed by atoms with Crippen molar-refractivity contribution in [2.24, 2.45) is 10.7 Å². The molecule has 0 saturated carbocycles. The van der Waals surface area contributed by atoms with E-state index < -0.39 is 5.91 Å². The molecular weight excluding hydrogens is 386 g/mol. The molecule has 0 spiro atoms. The van der Waals surface area contributed by atoms with Gasteiger partial charge in [0.05, 0.1) is 20.8 Å². The average molecular weight is 413 g/mol. The first kappa shape index (κ1) is 22.5. The molecule has 0 unspecified atom stereocenters. The van der Waals surface area contributed by atoms with Gasteiger partial charge < -0.3 is 31.2 Å². The van der Waals surface area contributed by atoms with Crippen LogP contribution >= 0.6 is 0 Å². The fourth-order valence-corrected chi connectivity index (χ4v) is 2.63. The van der Waals surface area contributed by atoms with Gasteiger partial charge in [-0.25, -0.2) is 0 Å². The van der Waals surface area contributed by atoms with Crippen LogP contribution in [0.25, 0.3) is 0 Å². The first-order valence-corrected chi connectivity index (χ1v) is 9.27. The van der Waals surface area contributed by atoms with E-state index in [0.29, 0.717) is 36.1 Å². The van der Waals surface area contributed by atoms with Gasteiger partial charge in [-0.15, -0.1) is 0 Å². The van der Waals surface area contributed by atoms with Crippen molar-refractivity contribution < 1.29 is 19.1 Å². The highest BCUT2D eigenvalue weighted by molar-refractivity contribution is 5.96. The lowest BCUT2D eigenvalue weighted by atomic mass is 10.1. The van der Waals surface area contributed by atoms with Crippen LogP contribution in [0.2, 0.25) is 0 Å². The number of methoxy groups -OCH3 is 2. The Morgan fingerprint density at radius 1 is 0.900 bits per heavy atom. The van der Waals surface area contributed by atoms with Gasteiger partial charge in [0.25, 0.3) is 5.91 Å². The van der Waals surface area contributed by atoms with E-state index >= 15 is 0 Å². The molecule has 2 aromatic rings. The zero-order valence-electron chi connectivity index (χ0n) is 17.3. The van der Waals surface area contributed by atoms with Crippen molar-refractivity contribution in [1.82, 2.24) is 16.0 Å². The molecule has 2 amide bonds. The van der Waals surface area contributed by atoms with Gasteiger partial charge in [0.2, 0.25) is 5.91 Å². The highest BCUT2D eigenvalue weighted by atomic mass is 16.5. The van der Waals surface area contributed by atoms with E-state index in [1.807, 2.05) is 30.3 Å². The number of nitrogens with one attached hydrogen (secondary N) is 3. The third kappa shape index (κ3) is 6.69. The fourth-order valence-electron chi connectivity index (χ4n) is 2.63. The summed E-state index contributed by atoms with van der Waals surface area (Å²) >= 11 is 0. The van der Waals surface area contributed by atoms with Crippen LogP contribution in [0, 0.1) is 0 Å². The maximum atomic E-state index is 11.9. The zero-order chi connectivity index (χ0) is 21.9. The number of nitrogens with zero attached hydrogens (tertiary/aromatic N) is 1. The van der Waals surface area contributed by atoms with Gasteiger partial charge in [-0.05, 0) is 35.4 Å². The second-order valence-electron chi connectivity index (χ2n) is 6.31. The van der Waals surface area contributed by atoms with Gasteiger partial charge in [-0.2, -0.15) is 0 Å². The Morgan fingerprint density at radius 3 is 2.07 bits per heavy atom. The van der Waals surface area contributed by atoms with Gasteiger partial charge >= 0.3 is 0 Å². The van der Waals surface area contributed by atoms with Crippen LogP contribution in [-0.4, -0.2) is 45.6 Å². The van der Waals surface area contributed by atoms with Gasteiger partial charge in [0.15, 0.2) is 17.5 Å². The van der Waals surface area contributed by atoms with Gasteiger partial charge in [0, 0.05) is 25.7 Å². The fraction of sp³-hybridized carbons (Fsp3) is 0.286. The van der Waals surface area contributed by atoms with Gasteiger partial charge in [-0.1, -0.05) is 18.2 Å². The minimum atomic E-state index is -0.587. The quantitative estimate of drug-likeness (QED) is 0.355. The number of rotatable bonds is 9. The van der Waals surface area contributed by atoms with Crippen LogP contribution in [-0.2, 0) is 17.9 Å². The molecule has 2 rings (SSSR count). The summed E-state index contributed by atoms with van der Waals surface area (Å²) in [6, 6.07) is 12.7. The molecule has 9 nitrogen and oxygen atoms in total. The molecular formula is C21H27N5O4. The predicted octanol–water partition coefficient (Wildman–Crippen LogP) is 0.784. The molecule has 0 aliphatic carbocycles. The summed E-state index contributed by atoms with van der Waals surface area (Å²) in [6.07, 6.45) is 0. The summed E-state index contributed by atoms with van der Waals surface area (Å²) in [5.74, 6) is 1.04. The Bertz CT molecular complexity index is 897. The van der Waals surface area contributed by atoms with Crippen LogP contribution in [0.1, 0.15) is 21.5 Å². The smallest absolute Gasteiger partial charge is 0.251 e. The molecule has 5 N–H and O–H groups in total. The van der Waals surface area contributed by atoms with E-state index in [9.17, 15) is 9.59 Å². The summed E-state index contributed by atoms with van der Waals surface area (Å²) in [5.41, 5.74) is 7.46. The maximum absolute atomic E-state index is 11.9. The van der Waals surface area contributed by atoms with Crippen LogP contribution in [0.15, 0.2) is 47.5 Å². The molecule has 9 heteroatoms. The Labute approximate surface area is 175 Å². The number of amides is 2. The van der Waals surface area contributed by atoms with Crippen molar-refractivity contribution in [1.29, 1.82) is 0 Å². The molecule has 0 radical (unpaired) electrons. The lowest BCUT2D eigenvalue weighted by molar-refractivity contribution is -0.117. The molecule has 0 heterocycles. The normalized spacial score (nSPS) is 10.8. The predicted molar refractivity (Wildman–Crippen MR) is 115 cm³/mol. The average Bonchev–Trinajstić information content (AvgIpc) is 2.77. The second-order valence-corrected chi connectivity index (χ2v) is 6.31. The number of aliphatic imine (C=N–C) groups is 1. The summed E-state index contributed by atoms with van der Waals surface area (Å²) in [7, 11) is 4.89. The zero-order valence-corrected chi connectivity index (χ0v) is 17.3. The Hall–Kier alpha value is -3.75. The Kier molecular flexibility index (Phi) is 8.49. The molecule has 0 aliphatic heterocycles. The number of carbonyl (C=O) groups is 2. The Balaban J connectivity index is 1.87. The summed E-state index contributed by atoms with van der Waals surface area (Å²) in [5, 5.41) is 8.90. The van der Waals surface area contributed by atoms with Gasteiger partial charge in [-0.3, -0.25) is 14.6 Å². The number of nitrogens with two attached hydrogens (primary N) is 1. The first-order valence-electron chi connectivity index (χ1n) is 9.27. The number of hydrogen-bond acceptors (Lipinski definition) is 5. The molecule has 2 aromatic carbocycles. The van der Waals surface area contributed by atoms with E-state index in [2.05, 4.69) is 20.9 Å². The summed E-state index contributed by atoms with van der Waals surface area (Å²) in [4.78, 5) is 26.9. The van der Waals surface area contributed by atoms with Crippen molar-refractivity contribution in [3.05, 3.63) is 59.2 Å². The minimum absolute atomic E-state index is 0.190. The summed E-state index contributed by atoms with van der Waals surface area (Å²) in [6.45, 7) is 0.887. The summed E-state index contributed by atoms with van der Waals surface area (Å²) < 4.78 is 10.6. The van der Waals surface area contributed by atoms with Crippen LogP contribution in [0.3, 0.4) is 0 Å². The van der Waals surface area contributed by atoms with E-state index in [0.717, 1.165) is 11.1 Å². The standard InChI is InChI=1S/C21H27N5O4/c1-23-21(26-12-15-6-9-17(29-2)18(10-15)30-3)25-11-14-4-7-16(8-5-14)20(28)24-13-19(22)27/h4-10H,11-13H2,1-3H3,(H2,22,27)(H,24,28)(H2,23,25,26). The van der Waals surface area contributed by atoms with Crippen molar-refractivity contribution >= 4 is 17.8 Å². The molecule has 0 atom stereocenters. The van der Waals surface area contributed by atoms with E-state index in [4.69, 9.17) is 15.2 Å². The number of hydrogen-bond donors (Lipinski definition) is 4. The lowest BCUT2D eigenvalue weighted by Gasteiger charge is -2.14. The van der Waals surface area contributed by atoms with Crippen LogP contribution < -0.4 is 31.2 Å². The van der Waals surface area contributed by atoms with E-state index in [1.54, 1.807) is 33.4 Å². The van der Waals surface area contributed by atoms with E-state index in [-0.39, 0.29) is 12.5 Å². The molecule has 160 valence electrons. The Morgan fingerprint density at radius 2 is 1.50 bits per heavy atom. The third-order valence-corrected chi connectivity index (χ3v) is 4.23. The molecule has 0 fully saturated rings. The van der Waals surface area contributed by atoms with Crippen molar-refractivity contribution in [2.45, 2.75) is 13.1 Å². The van der Waals surface area contributed by atoms with Gasteiger partial charge in [0.1, 0.15) is 0 Å². The first-order chi connectivity index (χ1) is 14.5. The highest BCUT2D eigenvalue weighted by Crippen LogP contribution is 2.27. The molecule has 0 saturated heterocycles. The number of benzene rings is 2. The van der Waals surface area contributed by atoms with Crippen LogP contribution in [0.4, 0.5) is 0 Å². The largest absolute Gasteiger partial charge is 0.493 e. The number of guanidine groups is 1. The topological polar surface area (TPSA) is 127 Å². The number of ether oxygens (including phenoxy) is 2. The van der Waals surface area contributed by atoms with Crippen molar-refractivity contribution in [3.63, 3.8) is 0 Å². The number of primary amides is 1. The second kappa shape index (κ2) is 11.3. The molecule has 0 aliphatic rings. The SMILES string of the molecule is CN=C(NCc1ccc(C(=O)NCC(N)=O)cc1)NCc1ccc(OC)c(OC)c1. The minimum Gasteiger partial charge on any atom is -0.493 e. The third-order valence-electron chi connectivity index (χ3n) is 4.23. The van der Waals surface area contributed by atoms with Crippen molar-refractivity contribution in [2.75, 3.05) is 27.8 Å². The molecule has 30 heavy (non-hydrogen) atoms. The maximum Gasteiger partial charge on any atom is 0.251 e. The number of carbonyl (C=O) groups excluding carboxylic acids is 2. The molecule has 0 aromatic heterocycles. The van der Waals surface area contributed by atoms with Crippen molar-refractivity contribution in [3.8, 4) is 11.5 Å².